The van der Waals surface area contributed by atoms with Crippen LogP contribution in [0.3, 0.4) is 0 Å². The Hall–Kier alpha value is -1.50. The van der Waals surface area contributed by atoms with Gasteiger partial charge in [0, 0.05) is 11.4 Å². The fraction of sp³-hybridized carbons (Fsp3) is 0.286. The van der Waals surface area contributed by atoms with Gasteiger partial charge in [-0.05, 0) is 30.9 Å². The number of hydrogen-bond acceptors (Lipinski definition) is 6. The number of thiophene rings is 2. The standard InChI is InChI=1S/C14H15N3OS2/c1-8-9(2)20-14-11(8)13(15-5-6-18)16-12(17-14)10-4-3-7-19-10/h3-4,7,18H,5-6H2,1-2H3,(H,15,16,17). The minimum Gasteiger partial charge on any atom is -0.395 e. The van der Waals surface area contributed by atoms with E-state index < -0.39 is 0 Å². The summed E-state index contributed by atoms with van der Waals surface area (Å²) in [4.78, 5) is 12.6. The highest BCUT2D eigenvalue weighted by Crippen LogP contribution is 2.35. The van der Waals surface area contributed by atoms with E-state index in [1.54, 1.807) is 22.7 Å². The van der Waals surface area contributed by atoms with Crippen molar-refractivity contribution in [3.63, 3.8) is 0 Å². The van der Waals surface area contributed by atoms with Gasteiger partial charge >= 0.3 is 0 Å². The van der Waals surface area contributed by atoms with E-state index in [2.05, 4.69) is 29.1 Å². The molecule has 0 aliphatic rings. The van der Waals surface area contributed by atoms with E-state index in [-0.39, 0.29) is 6.61 Å². The average molecular weight is 305 g/mol. The van der Waals surface area contributed by atoms with Gasteiger partial charge in [0.2, 0.25) is 0 Å². The van der Waals surface area contributed by atoms with Crippen molar-refractivity contribution in [2.24, 2.45) is 0 Å². The highest BCUT2D eigenvalue weighted by atomic mass is 32.1. The minimum atomic E-state index is 0.0853. The van der Waals surface area contributed by atoms with Crippen molar-refractivity contribution in [2.75, 3.05) is 18.5 Å². The van der Waals surface area contributed by atoms with Crippen molar-refractivity contribution in [1.82, 2.24) is 9.97 Å². The molecule has 3 aromatic heterocycles. The van der Waals surface area contributed by atoms with Crippen LogP contribution in [0.5, 0.6) is 0 Å². The van der Waals surface area contributed by atoms with E-state index in [0.717, 1.165) is 26.7 Å². The Kier molecular flexibility index (Phi) is 3.69. The van der Waals surface area contributed by atoms with Crippen LogP contribution >= 0.6 is 22.7 Å². The van der Waals surface area contributed by atoms with Gasteiger partial charge in [0.25, 0.3) is 0 Å². The second-order valence-corrected chi connectivity index (χ2v) is 6.64. The lowest BCUT2D eigenvalue weighted by molar-refractivity contribution is 0.311. The van der Waals surface area contributed by atoms with Crippen LogP contribution in [0.15, 0.2) is 17.5 Å². The fourth-order valence-electron chi connectivity index (χ4n) is 2.07. The molecule has 0 unspecified atom stereocenters. The zero-order valence-corrected chi connectivity index (χ0v) is 12.9. The number of rotatable bonds is 4. The van der Waals surface area contributed by atoms with Crippen molar-refractivity contribution in [2.45, 2.75) is 13.8 Å². The largest absolute Gasteiger partial charge is 0.395 e. The third-order valence-corrected chi connectivity index (χ3v) is 5.14. The van der Waals surface area contributed by atoms with Gasteiger partial charge in [0.15, 0.2) is 5.82 Å². The molecule has 3 aromatic rings. The monoisotopic (exact) mass is 305 g/mol. The molecule has 0 aromatic carbocycles. The Morgan fingerprint density at radius 3 is 2.85 bits per heavy atom. The maximum Gasteiger partial charge on any atom is 0.173 e. The molecule has 0 atom stereocenters. The normalized spacial score (nSPS) is 11.2. The zero-order chi connectivity index (χ0) is 14.1. The molecule has 0 amide bonds. The maximum absolute atomic E-state index is 9.03. The van der Waals surface area contributed by atoms with E-state index in [1.807, 2.05) is 17.5 Å². The zero-order valence-electron chi connectivity index (χ0n) is 11.3. The first-order valence-corrected chi connectivity index (χ1v) is 8.06. The lowest BCUT2D eigenvalue weighted by atomic mass is 10.2. The molecule has 0 aliphatic carbocycles. The van der Waals surface area contributed by atoms with Gasteiger partial charge in [-0.25, -0.2) is 9.97 Å². The van der Waals surface area contributed by atoms with Crippen LogP contribution in [0, 0.1) is 13.8 Å². The van der Waals surface area contributed by atoms with Crippen LogP contribution in [0.4, 0.5) is 5.82 Å². The first kappa shape index (κ1) is 13.5. The number of hydrogen-bond donors (Lipinski definition) is 2. The minimum absolute atomic E-state index is 0.0853. The fourth-order valence-corrected chi connectivity index (χ4v) is 3.75. The molecule has 0 fully saturated rings. The molecule has 104 valence electrons. The lowest BCUT2D eigenvalue weighted by Gasteiger charge is -2.07. The molecule has 0 aliphatic heterocycles. The molecule has 0 saturated heterocycles. The van der Waals surface area contributed by atoms with Gasteiger partial charge in [-0.3, -0.25) is 0 Å². The summed E-state index contributed by atoms with van der Waals surface area (Å²) in [5, 5.41) is 15.3. The predicted octanol–water partition coefficient (Wildman–Crippen LogP) is 3.44. The summed E-state index contributed by atoms with van der Waals surface area (Å²) in [6, 6.07) is 4.02. The molecule has 6 heteroatoms. The smallest absolute Gasteiger partial charge is 0.173 e. The third-order valence-electron chi connectivity index (χ3n) is 3.17. The van der Waals surface area contributed by atoms with Crippen LogP contribution in [-0.4, -0.2) is 28.2 Å². The summed E-state index contributed by atoms with van der Waals surface area (Å²) >= 11 is 3.32. The number of aliphatic hydroxyl groups excluding tert-OH is 1. The van der Waals surface area contributed by atoms with Gasteiger partial charge in [0.1, 0.15) is 10.6 Å². The number of aromatic nitrogens is 2. The van der Waals surface area contributed by atoms with Crippen LogP contribution in [0.1, 0.15) is 10.4 Å². The second kappa shape index (κ2) is 5.47. The number of aryl methyl sites for hydroxylation is 2. The summed E-state index contributed by atoms with van der Waals surface area (Å²) in [7, 11) is 0. The van der Waals surface area contributed by atoms with E-state index in [4.69, 9.17) is 5.11 Å². The number of nitrogens with zero attached hydrogens (tertiary/aromatic N) is 2. The van der Waals surface area contributed by atoms with Crippen LogP contribution in [0.2, 0.25) is 0 Å². The number of anilines is 1. The molecular formula is C14H15N3OS2. The first-order chi connectivity index (χ1) is 9.70. The van der Waals surface area contributed by atoms with Crippen molar-refractivity contribution in [3.8, 4) is 10.7 Å². The van der Waals surface area contributed by atoms with Crippen LogP contribution in [-0.2, 0) is 0 Å². The SMILES string of the molecule is Cc1sc2nc(-c3cccs3)nc(NCCO)c2c1C. The van der Waals surface area contributed by atoms with E-state index in [0.29, 0.717) is 6.54 Å². The molecule has 3 rings (SSSR count). The maximum atomic E-state index is 9.03. The van der Waals surface area contributed by atoms with E-state index in [1.165, 1.54) is 10.4 Å². The van der Waals surface area contributed by atoms with Gasteiger partial charge in [0.05, 0.1) is 16.9 Å². The molecule has 0 spiro atoms. The molecule has 0 saturated carbocycles. The predicted molar refractivity (Wildman–Crippen MR) is 85.8 cm³/mol. The molecule has 0 radical (unpaired) electrons. The molecular weight excluding hydrogens is 290 g/mol. The Morgan fingerprint density at radius 2 is 2.15 bits per heavy atom. The highest BCUT2D eigenvalue weighted by molar-refractivity contribution is 7.19. The number of nitrogens with one attached hydrogen (secondary N) is 1. The molecule has 0 bridgehead atoms. The van der Waals surface area contributed by atoms with Crippen molar-refractivity contribution in [3.05, 3.63) is 28.0 Å². The Balaban J connectivity index is 2.20. The Bertz CT molecular complexity index is 735. The summed E-state index contributed by atoms with van der Waals surface area (Å²) < 4.78 is 0. The summed E-state index contributed by atoms with van der Waals surface area (Å²) in [5.74, 6) is 1.56. The molecule has 20 heavy (non-hydrogen) atoms. The highest BCUT2D eigenvalue weighted by Gasteiger charge is 2.15. The first-order valence-electron chi connectivity index (χ1n) is 6.37. The van der Waals surface area contributed by atoms with Crippen molar-refractivity contribution >= 4 is 38.7 Å². The third kappa shape index (κ3) is 2.30. The van der Waals surface area contributed by atoms with Gasteiger partial charge < -0.3 is 10.4 Å². The number of aliphatic hydroxyl groups is 1. The summed E-state index contributed by atoms with van der Waals surface area (Å²) in [6.45, 7) is 4.76. The Morgan fingerprint density at radius 1 is 1.30 bits per heavy atom. The van der Waals surface area contributed by atoms with Gasteiger partial charge in [-0.15, -0.1) is 22.7 Å². The summed E-state index contributed by atoms with van der Waals surface area (Å²) in [6.07, 6.45) is 0. The Labute approximate surface area is 125 Å². The van der Waals surface area contributed by atoms with E-state index in [9.17, 15) is 0 Å². The lowest BCUT2D eigenvalue weighted by Crippen LogP contribution is -2.08. The molecule has 2 N–H and O–H groups in total. The quantitative estimate of drug-likeness (QED) is 0.775. The van der Waals surface area contributed by atoms with Gasteiger partial charge in [-0.1, -0.05) is 6.07 Å². The topological polar surface area (TPSA) is 58.0 Å². The van der Waals surface area contributed by atoms with Gasteiger partial charge in [-0.2, -0.15) is 0 Å². The molecule has 3 heterocycles. The average Bonchev–Trinajstić information content (AvgIpc) is 3.06. The summed E-state index contributed by atoms with van der Waals surface area (Å²) in [5.41, 5.74) is 1.21. The van der Waals surface area contributed by atoms with Crippen molar-refractivity contribution < 1.29 is 5.11 Å². The van der Waals surface area contributed by atoms with Crippen LogP contribution < -0.4 is 5.32 Å². The molecule has 4 nitrogen and oxygen atoms in total. The second-order valence-electron chi connectivity index (χ2n) is 4.49. The number of fused-ring (bicyclic) bond motifs is 1. The van der Waals surface area contributed by atoms with E-state index >= 15 is 0 Å². The van der Waals surface area contributed by atoms with Crippen LogP contribution in [0.25, 0.3) is 20.9 Å². The van der Waals surface area contributed by atoms with Crippen molar-refractivity contribution in [1.29, 1.82) is 0 Å².